The molecule has 0 spiro atoms. The highest BCUT2D eigenvalue weighted by molar-refractivity contribution is 5.90. The number of para-hydroxylation sites is 1. The molecule has 2 aromatic carbocycles. The van der Waals surface area contributed by atoms with Gasteiger partial charge in [-0.15, -0.1) is 6.58 Å². The fourth-order valence-electron chi connectivity index (χ4n) is 2.82. The van der Waals surface area contributed by atoms with E-state index in [1.54, 1.807) is 0 Å². The molecule has 3 heteroatoms. The van der Waals surface area contributed by atoms with Crippen molar-refractivity contribution in [3.05, 3.63) is 60.7 Å². The van der Waals surface area contributed by atoms with E-state index in [0.717, 1.165) is 22.4 Å². The van der Waals surface area contributed by atoms with E-state index >= 15 is 0 Å². The van der Waals surface area contributed by atoms with Crippen molar-refractivity contribution < 1.29 is 0 Å². The molecule has 0 fully saturated rings. The summed E-state index contributed by atoms with van der Waals surface area (Å²) >= 11 is 0. The highest BCUT2D eigenvalue weighted by Crippen LogP contribution is 2.30. The van der Waals surface area contributed by atoms with Gasteiger partial charge < -0.3 is 10.3 Å². The molecule has 0 unspecified atom stereocenters. The largest absolute Gasteiger partial charge is 0.397 e. The number of allylic oxidation sites excluding steroid dienone is 1. The monoisotopic (exact) mass is 305 g/mol. The Labute approximate surface area is 137 Å². The van der Waals surface area contributed by atoms with Crippen molar-refractivity contribution in [3.8, 4) is 11.4 Å². The van der Waals surface area contributed by atoms with Gasteiger partial charge in [-0.3, -0.25) is 0 Å². The fourth-order valence-corrected chi connectivity index (χ4v) is 2.82. The normalized spacial score (nSPS) is 11.8. The van der Waals surface area contributed by atoms with Crippen molar-refractivity contribution >= 4 is 16.7 Å². The number of nitrogens with zero attached hydrogens (tertiary/aromatic N) is 2. The number of benzene rings is 2. The maximum Gasteiger partial charge on any atom is 0.141 e. The number of rotatable bonds is 3. The maximum atomic E-state index is 6.09. The summed E-state index contributed by atoms with van der Waals surface area (Å²) in [5, 5.41) is 0. The predicted molar refractivity (Wildman–Crippen MR) is 98.5 cm³/mol. The molecule has 2 N–H and O–H groups in total. The molecule has 0 bridgehead atoms. The van der Waals surface area contributed by atoms with Gasteiger partial charge in [0, 0.05) is 12.1 Å². The SMILES string of the molecule is C=CCn1c(-c2ccc(C(C)(C)C)cc2)nc2c(N)cccc21. The molecule has 1 aromatic heterocycles. The third-order valence-corrected chi connectivity index (χ3v) is 4.13. The first-order chi connectivity index (χ1) is 10.9. The molecule has 0 amide bonds. The summed E-state index contributed by atoms with van der Waals surface area (Å²) in [6.07, 6.45) is 1.89. The second-order valence-corrected chi connectivity index (χ2v) is 6.88. The number of hydrogen-bond donors (Lipinski definition) is 1. The van der Waals surface area contributed by atoms with E-state index in [1.165, 1.54) is 5.56 Å². The minimum atomic E-state index is 0.143. The van der Waals surface area contributed by atoms with Crippen LogP contribution < -0.4 is 5.73 Å². The Hall–Kier alpha value is -2.55. The number of anilines is 1. The third-order valence-electron chi connectivity index (χ3n) is 4.13. The molecule has 1 heterocycles. The number of nitrogens with two attached hydrogens (primary N) is 1. The number of nitrogen functional groups attached to an aromatic ring is 1. The van der Waals surface area contributed by atoms with Crippen LogP contribution in [0.2, 0.25) is 0 Å². The zero-order valence-corrected chi connectivity index (χ0v) is 14.0. The van der Waals surface area contributed by atoms with Gasteiger partial charge in [-0.2, -0.15) is 0 Å². The smallest absolute Gasteiger partial charge is 0.141 e. The van der Waals surface area contributed by atoms with Crippen molar-refractivity contribution in [2.75, 3.05) is 5.73 Å². The maximum absolute atomic E-state index is 6.09. The molecule has 118 valence electrons. The Morgan fingerprint density at radius 3 is 2.43 bits per heavy atom. The topological polar surface area (TPSA) is 43.8 Å². The third kappa shape index (κ3) is 2.74. The van der Waals surface area contributed by atoms with Crippen molar-refractivity contribution in [1.82, 2.24) is 9.55 Å². The van der Waals surface area contributed by atoms with E-state index in [-0.39, 0.29) is 5.41 Å². The van der Waals surface area contributed by atoms with E-state index in [2.05, 4.69) is 62.2 Å². The van der Waals surface area contributed by atoms with Crippen LogP contribution in [0.1, 0.15) is 26.3 Å². The summed E-state index contributed by atoms with van der Waals surface area (Å²) in [7, 11) is 0. The van der Waals surface area contributed by atoms with Gasteiger partial charge in [0.1, 0.15) is 11.3 Å². The molecule has 3 aromatic rings. The second-order valence-electron chi connectivity index (χ2n) is 6.88. The van der Waals surface area contributed by atoms with E-state index in [0.29, 0.717) is 12.2 Å². The summed E-state index contributed by atoms with van der Waals surface area (Å²) in [5.41, 5.74) is 11.2. The first kappa shape index (κ1) is 15.3. The average molecular weight is 305 g/mol. The molecule has 3 nitrogen and oxygen atoms in total. The quantitative estimate of drug-likeness (QED) is 0.559. The molecule has 0 saturated heterocycles. The van der Waals surface area contributed by atoms with Crippen molar-refractivity contribution in [2.24, 2.45) is 0 Å². The Bertz CT molecular complexity index is 849. The fraction of sp³-hybridized carbons (Fsp3) is 0.250. The lowest BCUT2D eigenvalue weighted by atomic mass is 9.87. The minimum absolute atomic E-state index is 0.143. The molecule has 0 radical (unpaired) electrons. The molecule has 0 atom stereocenters. The summed E-state index contributed by atoms with van der Waals surface area (Å²) in [6.45, 7) is 11.2. The number of hydrogen-bond acceptors (Lipinski definition) is 2. The zero-order chi connectivity index (χ0) is 16.6. The van der Waals surface area contributed by atoms with Crippen LogP contribution >= 0.6 is 0 Å². The van der Waals surface area contributed by atoms with Crippen LogP contribution in [0.3, 0.4) is 0 Å². The van der Waals surface area contributed by atoms with Crippen molar-refractivity contribution in [2.45, 2.75) is 32.7 Å². The van der Waals surface area contributed by atoms with Crippen molar-refractivity contribution in [1.29, 1.82) is 0 Å². The summed E-state index contributed by atoms with van der Waals surface area (Å²) in [5.74, 6) is 0.929. The lowest BCUT2D eigenvalue weighted by Crippen LogP contribution is -2.10. The van der Waals surface area contributed by atoms with Gasteiger partial charge in [0.15, 0.2) is 0 Å². The van der Waals surface area contributed by atoms with Crippen LogP contribution in [0.15, 0.2) is 55.1 Å². The lowest BCUT2D eigenvalue weighted by molar-refractivity contribution is 0.590. The van der Waals surface area contributed by atoms with Gasteiger partial charge in [0.25, 0.3) is 0 Å². The standard InChI is InChI=1S/C20H23N3/c1-5-13-23-17-8-6-7-16(21)18(17)22-19(23)14-9-11-15(12-10-14)20(2,3)4/h5-12H,1,13,21H2,2-4H3. The molecule has 0 aliphatic heterocycles. The average Bonchev–Trinajstić information content (AvgIpc) is 2.87. The van der Waals surface area contributed by atoms with Crippen LogP contribution in [0.25, 0.3) is 22.4 Å². The van der Waals surface area contributed by atoms with Crippen molar-refractivity contribution in [3.63, 3.8) is 0 Å². The lowest BCUT2D eigenvalue weighted by Gasteiger charge is -2.19. The van der Waals surface area contributed by atoms with Gasteiger partial charge in [-0.1, -0.05) is 57.2 Å². The van der Waals surface area contributed by atoms with Crippen LogP contribution in [0.4, 0.5) is 5.69 Å². The van der Waals surface area contributed by atoms with Crippen LogP contribution in [0, 0.1) is 0 Å². The van der Waals surface area contributed by atoms with Crippen LogP contribution in [-0.4, -0.2) is 9.55 Å². The molecule has 0 aliphatic rings. The van der Waals surface area contributed by atoms with E-state index < -0.39 is 0 Å². The van der Waals surface area contributed by atoms with Gasteiger partial charge in [0.2, 0.25) is 0 Å². The predicted octanol–water partition coefficient (Wildman–Crippen LogP) is 4.77. The zero-order valence-electron chi connectivity index (χ0n) is 14.0. The molecule has 23 heavy (non-hydrogen) atoms. The number of fused-ring (bicyclic) bond motifs is 1. The summed E-state index contributed by atoms with van der Waals surface area (Å²) in [6, 6.07) is 14.5. The Balaban J connectivity index is 2.17. The summed E-state index contributed by atoms with van der Waals surface area (Å²) < 4.78 is 2.16. The first-order valence-corrected chi connectivity index (χ1v) is 7.88. The van der Waals surface area contributed by atoms with Gasteiger partial charge >= 0.3 is 0 Å². The molecular formula is C20H23N3. The second kappa shape index (κ2) is 5.58. The number of imidazole rings is 1. The molecule has 0 saturated carbocycles. The van der Waals surface area contributed by atoms with Crippen LogP contribution in [-0.2, 0) is 12.0 Å². The Kier molecular flexibility index (Phi) is 3.72. The molecule has 0 aliphatic carbocycles. The van der Waals surface area contributed by atoms with Gasteiger partial charge in [-0.25, -0.2) is 4.98 Å². The van der Waals surface area contributed by atoms with Gasteiger partial charge in [0.05, 0.1) is 11.2 Å². The number of aromatic nitrogens is 2. The molecular weight excluding hydrogens is 282 g/mol. The Morgan fingerprint density at radius 1 is 1.13 bits per heavy atom. The summed E-state index contributed by atoms with van der Waals surface area (Å²) in [4.78, 5) is 4.78. The minimum Gasteiger partial charge on any atom is -0.397 e. The van der Waals surface area contributed by atoms with E-state index in [9.17, 15) is 0 Å². The highest BCUT2D eigenvalue weighted by atomic mass is 15.1. The first-order valence-electron chi connectivity index (χ1n) is 7.88. The Morgan fingerprint density at radius 2 is 1.83 bits per heavy atom. The van der Waals surface area contributed by atoms with E-state index in [1.807, 2.05) is 18.2 Å². The highest BCUT2D eigenvalue weighted by Gasteiger charge is 2.16. The van der Waals surface area contributed by atoms with E-state index in [4.69, 9.17) is 10.7 Å². The van der Waals surface area contributed by atoms with Gasteiger partial charge in [-0.05, 0) is 23.1 Å². The molecule has 3 rings (SSSR count). The van der Waals surface area contributed by atoms with Crippen LogP contribution in [0.5, 0.6) is 0 Å².